The van der Waals surface area contributed by atoms with Crippen LogP contribution in [-0.4, -0.2) is 61.0 Å². The number of hydrogen-bond acceptors (Lipinski definition) is 6. The van der Waals surface area contributed by atoms with Crippen molar-refractivity contribution in [3.8, 4) is 0 Å². The Morgan fingerprint density at radius 2 is 2.00 bits per heavy atom. The van der Waals surface area contributed by atoms with Crippen LogP contribution >= 0.6 is 0 Å². The third-order valence-electron chi connectivity index (χ3n) is 4.28. The molecule has 25 heavy (non-hydrogen) atoms. The Labute approximate surface area is 148 Å². The Bertz CT molecular complexity index is 681. The monoisotopic (exact) mass is 345 g/mol. The van der Waals surface area contributed by atoms with Crippen molar-refractivity contribution in [1.29, 1.82) is 0 Å². The van der Waals surface area contributed by atoms with Crippen LogP contribution in [0.15, 0.2) is 18.3 Å². The fraction of sp³-hybridized carbons (Fsp3) is 0.588. The average Bonchev–Trinajstić information content (AvgIpc) is 3.02. The van der Waals surface area contributed by atoms with E-state index in [0.29, 0.717) is 25.0 Å². The van der Waals surface area contributed by atoms with Crippen molar-refractivity contribution in [2.75, 3.05) is 14.1 Å². The van der Waals surface area contributed by atoms with E-state index in [-0.39, 0.29) is 12.5 Å². The zero-order valence-electron chi connectivity index (χ0n) is 15.7. The maximum Gasteiger partial charge on any atom is 0.244 e. The summed E-state index contributed by atoms with van der Waals surface area (Å²) in [5.41, 5.74) is 2.05. The number of pyridine rings is 1. The number of hydrogen-bond donors (Lipinski definition) is 0. The fourth-order valence-electron chi connectivity index (χ4n) is 2.20. The minimum Gasteiger partial charge on any atom is -0.338 e. The molecular weight excluding hydrogens is 318 g/mol. The molecule has 2 rings (SSSR count). The maximum absolute atomic E-state index is 12.5. The van der Waals surface area contributed by atoms with Crippen LogP contribution in [0.4, 0.5) is 0 Å². The van der Waals surface area contributed by atoms with Gasteiger partial charge in [-0.3, -0.25) is 14.7 Å². The maximum atomic E-state index is 12.5. The summed E-state index contributed by atoms with van der Waals surface area (Å²) in [5, 5.41) is 11.7. The molecule has 0 aliphatic heterocycles. The Hall–Kier alpha value is -2.35. The molecule has 1 amide bonds. The summed E-state index contributed by atoms with van der Waals surface area (Å²) in [6.07, 6.45) is 2.81. The van der Waals surface area contributed by atoms with Crippen molar-refractivity contribution >= 4 is 5.91 Å². The second-order valence-corrected chi connectivity index (χ2v) is 6.52. The third-order valence-corrected chi connectivity index (χ3v) is 4.28. The van der Waals surface area contributed by atoms with Crippen LogP contribution in [0.5, 0.6) is 0 Å². The lowest BCUT2D eigenvalue weighted by molar-refractivity contribution is -0.131. The number of tetrazole rings is 1. The minimum atomic E-state index is -0.0536. The Balaban J connectivity index is 1.95. The number of carbonyl (C=O) groups excluding carboxylic acids is 1. The molecule has 8 heteroatoms. The Morgan fingerprint density at radius 3 is 2.60 bits per heavy atom. The van der Waals surface area contributed by atoms with Gasteiger partial charge in [0.25, 0.3) is 0 Å². The van der Waals surface area contributed by atoms with Crippen LogP contribution in [0.2, 0.25) is 0 Å². The molecule has 2 heterocycles. The second-order valence-electron chi connectivity index (χ2n) is 6.52. The van der Waals surface area contributed by atoms with Crippen molar-refractivity contribution in [2.24, 2.45) is 0 Å². The lowest BCUT2D eigenvalue weighted by Crippen LogP contribution is -2.32. The van der Waals surface area contributed by atoms with Crippen LogP contribution in [0, 0.1) is 0 Å². The van der Waals surface area contributed by atoms with Crippen LogP contribution in [0.3, 0.4) is 0 Å². The molecule has 0 unspecified atom stereocenters. The van der Waals surface area contributed by atoms with Gasteiger partial charge in [-0.05, 0) is 49.4 Å². The fourth-order valence-corrected chi connectivity index (χ4v) is 2.20. The summed E-state index contributed by atoms with van der Waals surface area (Å²) < 4.78 is 1.56. The van der Waals surface area contributed by atoms with Gasteiger partial charge in [-0.15, -0.1) is 5.10 Å². The predicted molar refractivity (Wildman–Crippen MR) is 94.5 cm³/mol. The summed E-state index contributed by atoms with van der Waals surface area (Å²) in [5.74, 6) is 0.630. The molecule has 0 aliphatic carbocycles. The number of amides is 1. The molecule has 0 aliphatic rings. The van der Waals surface area contributed by atoms with Gasteiger partial charge < -0.3 is 4.90 Å². The SMILES string of the molecule is CCc1ccc(CN(C)C(=O)Cn2nnnc2CN(C)C(C)C)nc1. The first-order valence-corrected chi connectivity index (χ1v) is 8.53. The highest BCUT2D eigenvalue weighted by Gasteiger charge is 2.16. The van der Waals surface area contributed by atoms with Gasteiger partial charge in [0.15, 0.2) is 5.82 Å². The van der Waals surface area contributed by atoms with Gasteiger partial charge in [-0.1, -0.05) is 13.0 Å². The van der Waals surface area contributed by atoms with Crippen LogP contribution in [0.25, 0.3) is 0 Å². The van der Waals surface area contributed by atoms with E-state index in [0.717, 1.165) is 12.1 Å². The highest BCUT2D eigenvalue weighted by molar-refractivity contribution is 5.75. The summed E-state index contributed by atoms with van der Waals surface area (Å²) in [6.45, 7) is 7.48. The molecular formula is C17H27N7O. The first kappa shape index (κ1) is 19.0. The van der Waals surface area contributed by atoms with E-state index in [9.17, 15) is 4.79 Å². The topological polar surface area (TPSA) is 80.0 Å². The minimum absolute atomic E-state index is 0.0536. The number of aromatic nitrogens is 5. The van der Waals surface area contributed by atoms with Gasteiger partial charge in [0, 0.05) is 19.3 Å². The van der Waals surface area contributed by atoms with E-state index >= 15 is 0 Å². The van der Waals surface area contributed by atoms with Gasteiger partial charge >= 0.3 is 0 Å². The van der Waals surface area contributed by atoms with E-state index in [4.69, 9.17) is 0 Å². The number of likely N-dealkylation sites (N-methyl/N-ethyl adjacent to an activating group) is 1. The van der Waals surface area contributed by atoms with Crippen molar-refractivity contribution in [1.82, 2.24) is 35.0 Å². The average molecular weight is 345 g/mol. The van der Waals surface area contributed by atoms with E-state index in [1.807, 2.05) is 25.4 Å². The molecule has 0 atom stereocenters. The molecule has 2 aromatic heterocycles. The molecule has 0 fully saturated rings. The lowest BCUT2D eigenvalue weighted by Gasteiger charge is -2.20. The van der Waals surface area contributed by atoms with Crippen molar-refractivity contribution in [2.45, 2.75) is 52.9 Å². The number of carbonyl (C=O) groups is 1. The predicted octanol–water partition coefficient (Wildman–Crippen LogP) is 1.13. The molecule has 0 N–H and O–H groups in total. The van der Waals surface area contributed by atoms with E-state index in [1.165, 1.54) is 5.56 Å². The summed E-state index contributed by atoms with van der Waals surface area (Å²) >= 11 is 0. The van der Waals surface area contributed by atoms with Crippen LogP contribution in [-0.2, 0) is 30.8 Å². The number of nitrogens with zero attached hydrogens (tertiary/aromatic N) is 7. The molecule has 0 aromatic carbocycles. The molecule has 136 valence electrons. The first-order chi connectivity index (χ1) is 11.9. The van der Waals surface area contributed by atoms with Gasteiger partial charge in [-0.25, -0.2) is 4.68 Å². The highest BCUT2D eigenvalue weighted by atomic mass is 16.2. The molecule has 2 aromatic rings. The Morgan fingerprint density at radius 1 is 1.24 bits per heavy atom. The summed E-state index contributed by atoms with van der Waals surface area (Å²) in [6, 6.07) is 4.38. The zero-order chi connectivity index (χ0) is 18.4. The smallest absolute Gasteiger partial charge is 0.244 e. The van der Waals surface area contributed by atoms with Crippen LogP contribution < -0.4 is 0 Å². The second kappa shape index (κ2) is 8.66. The van der Waals surface area contributed by atoms with E-state index < -0.39 is 0 Å². The van der Waals surface area contributed by atoms with Gasteiger partial charge in [0.05, 0.1) is 18.8 Å². The van der Waals surface area contributed by atoms with Crippen LogP contribution in [0.1, 0.15) is 37.9 Å². The molecule has 0 saturated heterocycles. The number of aryl methyl sites for hydroxylation is 1. The molecule has 8 nitrogen and oxygen atoms in total. The van der Waals surface area contributed by atoms with Gasteiger partial charge in [0.2, 0.25) is 5.91 Å². The van der Waals surface area contributed by atoms with E-state index in [2.05, 4.69) is 46.2 Å². The number of rotatable bonds is 8. The van der Waals surface area contributed by atoms with Crippen molar-refractivity contribution in [3.05, 3.63) is 35.4 Å². The molecule has 0 bridgehead atoms. The molecule has 0 radical (unpaired) electrons. The molecule has 0 saturated carbocycles. The first-order valence-electron chi connectivity index (χ1n) is 8.53. The van der Waals surface area contributed by atoms with Crippen molar-refractivity contribution in [3.63, 3.8) is 0 Å². The normalized spacial score (nSPS) is 11.3. The molecule has 0 spiro atoms. The van der Waals surface area contributed by atoms with Gasteiger partial charge in [0.1, 0.15) is 6.54 Å². The quantitative estimate of drug-likeness (QED) is 0.713. The summed E-state index contributed by atoms with van der Waals surface area (Å²) in [4.78, 5) is 20.6. The highest BCUT2D eigenvalue weighted by Crippen LogP contribution is 2.06. The van der Waals surface area contributed by atoms with Gasteiger partial charge in [-0.2, -0.15) is 0 Å². The van der Waals surface area contributed by atoms with E-state index in [1.54, 1.807) is 16.6 Å². The van der Waals surface area contributed by atoms with Crippen molar-refractivity contribution < 1.29 is 4.79 Å². The Kier molecular flexibility index (Phi) is 6.58. The lowest BCUT2D eigenvalue weighted by atomic mass is 10.2. The standard InChI is InChI=1S/C17H27N7O/c1-6-14-7-8-15(18-9-14)10-23(5)17(25)12-24-16(19-20-21-24)11-22(4)13(2)3/h7-9,13H,6,10-12H2,1-5H3. The zero-order valence-corrected chi connectivity index (χ0v) is 15.7. The largest absolute Gasteiger partial charge is 0.338 e. The summed E-state index contributed by atoms with van der Waals surface area (Å²) in [7, 11) is 3.77. The third kappa shape index (κ3) is 5.32.